The van der Waals surface area contributed by atoms with Gasteiger partial charge in [0.15, 0.2) is 0 Å². The van der Waals surface area contributed by atoms with Crippen molar-refractivity contribution >= 4 is 35.9 Å². The zero-order valence-corrected chi connectivity index (χ0v) is 10.9. The van der Waals surface area contributed by atoms with E-state index in [9.17, 15) is 5.11 Å². The molecule has 0 spiro atoms. The number of hydrazone groups is 1. The van der Waals surface area contributed by atoms with Crippen LogP contribution in [0.3, 0.4) is 0 Å². The van der Waals surface area contributed by atoms with Gasteiger partial charge in [-0.2, -0.15) is 5.10 Å². The van der Waals surface area contributed by atoms with E-state index in [1.807, 2.05) is 18.2 Å². The smallest absolute Gasteiger partial charge is 0.124 e. The quantitative estimate of drug-likeness (QED) is 0.662. The summed E-state index contributed by atoms with van der Waals surface area (Å²) in [7, 11) is 0. The minimum Gasteiger partial charge on any atom is -0.507 e. The van der Waals surface area contributed by atoms with Crippen LogP contribution in [0.15, 0.2) is 53.6 Å². The van der Waals surface area contributed by atoms with E-state index in [1.54, 1.807) is 36.5 Å². The number of rotatable bonds is 3. The Morgan fingerprint density at radius 3 is 2.39 bits per heavy atom. The SMILES string of the molecule is Cl.Oc1ccccc1C=NNc1ccc(Cl)cc1. The molecule has 5 heteroatoms. The molecule has 0 aliphatic heterocycles. The Morgan fingerprint density at radius 2 is 1.72 bits per heavy atom. The van der Waals surface area contributed by atoms with E-state index in [4.69, 9.17) is 11.6 Å². The fourth-order valence-electron chi connectivity index (χ4n) is 1.30. The summed E-state index contributed by atoms with van der Waals surface area (Å²) in [6.45, 7) is 0. The first-order chi connectivity index (χ1) is 8.25. The Labute approximate surface area is 117 Å². The lowest BCUT2D eigenvalue weighted by Crippen LogP contribution is -1.90. The maximum atomic E-state index is 9.51. The first-order valence-corrected chi connectivity index (χ1v) is 5.46. The van der Waals surface area contributed by atoms with Crippen molar-refractivity contribution in [3.63, 3.8) is 0 Å². The molecule has 0 aliphatic rings. The van der Waals surface area contributed by atoms with Crippen molar-refractivity contribution in [3.8, 4) is 5.75 Å². The van der Waals surface area contributed by atoms with Crippen molar-refractivity contribution < 1.29 is 5.11 Å². The number of halogens is 2. The molecule has 0 aromatic heterocycles. The van der Waals surface area contributed by atoms with Gasteiger partial charge in [0, 0.05) is 10.6 Å². The molecule has 0 unspecified atom stereocenters. The van der Waals surface area contributed by atoms with Crippen LogP contribution in [0.5, 0.6) is 5.75 Å². The van der Waals surface area contributed by atoms with Crippen molar-refractivity contribution in [2.75, 3.05) is 5.43 Å². The molecule has 0 bridgehead atoms. The molecular formula is C13H12Cl2N2O. The second kappa shape index (κ2) is 6.89. The van der Waals surface area contributed by atoms with E-state index in [0.717, 1.165) is 5.69 Å². The molecule has 0 radical (unpaired) electrons. The molecule has 2 aromatic carbocycles. The summed E-state index contributed by atoms with van der Waals surface area (Å²) in [6.07, 6.45) is 1.56. The van der Waals surface area contributed by atoms with E-state index in [2.05, 4.69) is 10.5 Å². The van der Waals surface area contributed by atoms with Crippen LogP contribution in [-0.4, -0.2) is 11.3 Å². The molecule has 0 atom stereocenters. The second-order valence-electron chi connectivity index (χ2n) is 3.44. The van der Waals surface area contributed by atoms with Gasteiger partial charge in [0.05, 0.1) is 11.9 Å². The highest BCUT2D eigenvalue weighted by Gasteiger charge is 1.94. The number of para-hydroxylation sites is 1. The lowest BCUT2D eigenvalue weighted by molar-refractivity contribution is 0.474. The molecule has 0 fully saturated rings. The lowest BCUT2D eigenvalue weighted by Gasteiger charge is -2.00. The van der Waals surface area contributed by atoms with Gasteiger partial charge in [0.1, 0.15) is 5.75 Å². The Balaban J connectivity index is 0.00000162. The van der Waals surface area contributed by atoms with Gasteiger partial charge in [-0.3, -0.25) is 5.43 Å². The van der Waals surface area contributed by atoms with Crippen molar-refractivity contribution in [1.82, 2.24) is 0 Å². The Bertz CT molecular complexity index is 527. The summed E-state index contributed by atoms with van der Waals surface area (Å²) in [6, 6.07) is 14.2. The van der Waals surface area contributed by atoms with Crippen LogP contribution >= 0.6 is 24.0 Å². The van der Waals surface area contributed by atoms with E-state index < -0.39 is 0 Å². The minimum atomic E-state index is 0. The average Bonchev–Trinajstić information content (AvgIpc) is 2.34. The highest BCUT2D eigenvalue weighted by atomic mass is 35.5. The first kappa shape index (κ1) is 14.4. The standard InChI is InChI=1S/C13H11ClN2O.ClH/c14-11-5-7-12(8-6-11)16-15-9-10-3-1-2-4-13(10)17;/h1-9,16-17H;1H. The van der Waals surface area contributed by atoms with Gasteiger partial charge in [-0.1, -0.05) is 23.7 Å². The van der Waals surface area contributed by atoms with Crippen molar-refractivity contribution in [1.29, 1.82) is 0 Å². The first-order valence-electron chi connectivity index (χ1n) is 5.08. The number of aromatic hydroxyl groups is 1. The topological polar surface area (TPSA) is 44.6 Å². The summed E-state index contributed by atoms with van der Waals surface area (Å²) in [5.74, 6) is 0.203. The molecule has 0 heterocycles. The van der Waals surface area contributed by atoms with Gasteiger partial charge in [-0.05, 0) is 36.4 Å². The number of hydrogen-bond donors (Lipinski definition) is 2. The number of phenolic OH excluding ortho intramolecular Hbond substituents is 1. The fourth-order valence-corrected chi connectivity index (χ4v) is 1.42. The molecular weight excluding hydrogens is 271 g/mol. The van der Waals surface area contributed by atoms with Gasteiger partial charge < -0.3 is 5.11 Å². The van der Waals surface area contributed by atoms with E-state index in [-0.39, 0.29) is 18.2 Å². The lowest BCUT2D eigenvalue weighted by atomic mass is 10.2. The summed E-state index contributed by atoms with van der Waals surface area (Å²) >= 11 is 5.76. The maximum absolute atomic E-state index is 9.51. The fraction of sp³-hybridized carbons (Fsp3) is 0. The van der Waals surface area contributed by atoms with Crippen LogP contribution in [0.25, 0.3) is 0 Å². The number of phenols is 1. The molecule has 0 saturated carbocycles. The van der Waals surface area contributed by atoms with Gasteiger partial charge in [-0.15, -0.1) is 12.4 Å². The van der Waals surface area contributed by atoms with Crippen LogP contribution in [0, 0.1) is 0 Å². The van der Waals surface area contributed by atoms with Crippen LogP contribution in [0.2, 0.25) is 5.02 Å². The molecule has 2 N–H and O–H groups in total. The Morgan fingerprint density at radius 1 is 1.06 bits per heavy atom. The van der Waals surface area contributed by atoms with Gasteiger partial charge in [0.25, 0.3) is 0 Å². The highest BCUT2D eigenvalue weighted by Crippen LogP contribution is 2.14. The van der Waals surface area contributed by atoms with E-state index in [0.29, 0.717) is 10.6 Å². The summed E-state index contributed by atoms with van der Waals surface area (Å²) < 4.78 is 0. The minimum absolute atomic E-state index is 0. The zero-order valence-electron chi connectivity index (χ0n) is 9.38. The van der Waals surface area contributed by atoms with Crippen molar-refractivity contribution in [3.05, 3.63) is 59.1 Å². The van der Waals surface area contributed by atoms with Crippen LogP contribution < -0.4 is 5.43 Å². The molecule has 0 saturated heterocycles. The van der Waals surface area contributed by atoms with E-state index in [1.165, 1.54) is 0 Å². The zero-order chi connectivity index (χ0) is 12.1. The third-order valence-electron chi connectivity index (χ3n) is 2.18. The third kappa shape index (κ3) is 3.95. The van der Waals surface area contributed by atoms with Crippen molar-refractivity contribution in [2.24, 2.45) is 5.10 Å². The van der Waals surface area contributed by atoms with Gasteiger partial charge in [-0.25, -0.2) is 0 Å². The highest BCUT2D eigenvalue weighted by molar-refractivity contribution is 6.30. The summed E-state index contributed by atoms with van der Waals surface area (Å²) in [5.41, 5.74) is 4.34. The van der Waals surface area contributed by atoms with Gasteiger partial charge >= 0.3 is 0 Å². The predicted molar refractivity (Wildman–Crippen MR) is 78.0 cm³/mol. The normalized spacial score (nSPS) is 10.1. The Kier molecular flexibility index (Phi) is 5.49. The number of hydrogen-bond acceptors (Lipinski definition) is 3. The second-order valence-corrected chi connectivity index (χ2v) is 3.87. The number of benzene rings is 2. The number of anilines is 1. The predicted octanol–water partition coefficient (Wildman–Crippen LogP) is 3.91. The number of nitrogens with one attached hydrogen (secondary N) is 1. The summed E-state index contributed by atoms with van der Waals surface area (Å²) in [5, 5.41) is 14.2. The Hall–Kier alpha value is -1.71. The molecule has 0 aliphatic carbocycles. The number of nitrogens with zero attached hydrogens (tertiary/aromatic N) is 1. The van der Waals surface area contributed by atoms with E-state index >= 15 is 0 Å². The van der Waals surface area contributed by atoms with Crippen molar-refractivity contribution in [2.45, 2.75) is 0 Å². The monoisotopic (exact) mass is 282 g/mol. The molecule has 3 nitrogen and oxygen atoms in total. The van der Waals surface area contributed by atoms with Gasteiger partial charge in [0.2, 0.25) is 0 Å². The molecule has 94 valence electrons. The van der Waals surface area contributed by atoms with Crippen LogP contribution in [0.4, 0.5) is 5.69 Å². The molecule has 18 heavy (non-hydrogen) atoms. The van der Waals surface area contributed by atoms with Crippen LogP contribution in [-0.2, 0) is 0 Å². The van der Waals surface area contributed by atoms with Crippen LogP contribution in [0.1, 0.15) is 5.56 Å². The largest absolute Gasteiger partial charge is 0.507 e. The maximum Gasteiger partial charge on any atom is 0.124 e. The third-order valence-corrected chi connectivity index (χ3v) is 2.43. The summed E-state index contributed by atoms with van der Waals surface area (Å²) in [4.78, 5) is 0. The average molecular weight is 283 g/mol. The molecule has 2 aromatic rings. The molecule has 2 rings (SSSR count). The molecule has 0 amide bonds.